The first-order valence-corrected chi connectivity index (χ1v) is 6.51. The Kier molecular flexibility index (Phi) is 3.36. The molecule has 1 saturated carbocycles. The maximum atomic E-state index is 6.15. The molecule has 2 nitrogen and oxygen atoms in total. The zero-order valence-corrected chi connectivity index (χ0v) is 10.3. The Labute approximate surface area is 93.8 Å². The Balaban J connectivity index is 1.93. The lowest BCUT2D eigenvalue weighted by Gasteiger charge is -2.45. The summed E-state index contributed by atoms with van der Waals surface area (Å²) in [4.78, 5) is 0. The number of rotatable bonds is 0. The average Bonchev–Trinajstić information content (AvgIpc) is 2.15. The molecule has 1 N–H and O–H groups in total. The molecule has 0 atom stereocenters. The van der Waals surface area contributed by atoms with Gasteiger partial charge < -0.3 is 4.74 Å². The van der Waals surface area contributed by atoms with E-state index in [0.29, 0.717) is 5.41 Å². The van der Waals surface area contributed by atoms with Crippen molar-refractivity contribution in [1.29, 1.82) is 0 Å². The van der Waals surface area contributed by atoms with E-state index in [1.807, 2.05) is 0 Å². The zero-order valence-electron chi connectivity index (χ0n) is 10.3. The second-order valence-electron chi connectivity index (χ2n) is 6.07. The quantitative estimate of drug-likeness (QED) is 0.665. The highest BCUT2D eigenvalue weighted by Crippen LogP contribution is 2.33. The van der Waals surface area contributed by atoms with Gasteiger partial charge in [-0.05, 0) is 25.7 Å². The van der Waals surface area contributed by atoms with E-state index in [9.17, 15) is 0 Å². The van der Waals surface area contributed by atoms with Crippen molar-refractivity contribution in [2.24, 2.45) is 5.41 Å². The predicted molar refractivity (Wildman–Crippen MR) is 62.8 cm³/mol. The summed E-state index contributed by atoms with van der Waals surface area (Å²) < 4.78 is 6.15. The summed E-state index contributed by atoms with van der Waals surface area (Å²) in [5.74, 6) is 0. The molecule has 0 aromatic carbocycles. The molecule has 0 radical (unpaired) electrons. The fraction of sp³-hybridized carbons (Fsp3) is 1.00. The average molecular weight is 211 g/mol. The van der Waals surface area contributed by atoms with Gasteiger partial charge in [-0.15, -0.1) is 0 Å². The van der Waals surface area contributed by atoms with Crippen LogP contribution < -0.4 is 5.32 Å². The van der Waals surface area contributed by atoms with Crippen LogP contribution in [0.3, 0.4) is 0 Å². The molecule has 2 heteroatoms. The first-order valence-electron chi connectivity index (χ1n) is 6.51. The molecular weight excluding hydrogens is 186 g/mol. The summed E-state index contributed by atoms with van der Waals surface area (Å²) in [6, 6.07) is 0. The van der Waals surface area contributed by atoms with Crippen molar-refractivity contribution in [2.45, 2.75) is 64.5 Å². The molecule has 0 amide bonds. The first-order chi connectivity index (χ1) is 7.12. The van der Waals surface area contributed by atoms with Crippen molar-refractivity contribution in [3.05, 3.63) is 0 Å². The normalized spacial score (nSPS) is 30.8. The summed E-state index contributed by atoms with van der Waals surface area (Å²) in [6.07, 6.45) is 9.26. The lowest BCUT2D eigenvalue weighted by Crippen LogP contribution is -2.57. The molecule has 1 spiro atoms. The third kappa shape index (κ3) is 2.94. The van der Waals surface area contributed by atoms with E-state index in [2.05, 4.69) is 19.2 Å². The van der Waals surface area contributed by atoms with E-state index >= 15 is 0 Å². The lowest BCUT2D eigenvalue weighted by molar-refractivity contribution is -0.148. The summed E-state index contributed by atoms with van der Waals surface area (Å²) >= 11 is 0. The highest BCUT2D eigenvalue weighted by molar-refractivity contribution is 4.88. The van der Waals surface area contributed by atoms with Crippen molar-refractivity contribution < 1.29 is 4.74 Å². The van der Waals surface area contributed by atoms with Gasteiger partial charge in [0, 0.05) is 12.0 Å². The molecule has 1 heterocycles. The summed E-state index contributed by atoms with van der Waals surface area (Å²) in [5.41, 5.74) is 0.351. The maximum Gasteiger partial charge on any atom is 0.119 e. The highest BCUT2D eigenvalue weighted by Gasteiger charge is 2.38. The molecule has 0 aromatic heterocycles. The first kappa shape index (κ1) is 11.4. The second kappa shape index (κ2) is 4.42. The summed E-state index contributed by atoms with van der Waals surface area (Å²) in [7, 11) is 0. The van der Waals surface area contributed by atoms with Crippen molar-refractivity contribution in [3.8, 4) is 0 Å². The fourth-order valence-corrected chi connectivity index (χ4v) is 2.63. The Morgan fingerprint density at radius 3 is 2.07 bits per heavy atom. The molecule has 0 unspecified atom stereocenters. The molecule has 15 heavy (non-hydrogen) atoms. The molecule has 0 aromatic rings. The van der Waals surface area contributed by atoms with Gasteiger partial charge in [0.05, 0.1) is 6.61 Å². The van der Waals surface area contributed by atoms with Gasteiger partial charge in [0.15, 0.2) is 0 Å². The number of ether oxygens (including phenoxy) is 1. The Morgan fingerprint density at radius 1 is 0.933 bits per heavy atom. The third-order valence-corrected chi connectivity index (χ3v) is 3.79. The van der Waals surface area contributed by atoms with Gasteiger partial charge >= 0.3 is 0 Å². The van der Waals surface area contributed by atoms with E-state index < -0.39 is 0 Å². The standard InChI is InChI=1S/C13H25NO/c1-12(2)10-14-13(15-11-12)8-6-4-3-5-7-9-13/h14H,3-11H2,1-2H3. The molecule has 88 valence electrons. The van der Waals surface area contributed by atoms with Crippen molar-refractivity contribution in [2.75, 3.05) is 13.2 Å². The van der Waals surface area contributed by atoms with Crippen LogP contribution in [0.25, 0.3) is 0 Å². The van der Waals surface area contributed by atoms with E-state index in [0.717, 1.165) is 13.2 Å². The van der Waals surface area contributed by atoms with Crippen LogP contribution in [0.2, 0.25) is 0 Å². The van der Waals surface area contributed by atoms with E-state index in [-0.39, 0.29) is 5.72 Å². The van der Waals surface area contributed by atoms with Crippen LogP contribution in [0.4, 0.5) is 0 Å². The minimum absolute atomic E-state index is 0.0376. The van der Waals surface area contributed by atoms with Gasteiger partial charge in [0.2, 0.25) is 0 Å². The van der Waals surface area contributed by atoms with E-state index in [4.69, 9.17) is 4.74 Å². The molecule has 0 bridgehead atoms. The van der Waals surface area contributed by atoms with Crippen LogP contribution in [0.1, 0.15) is 58.8 Å². The molecule has 2 aliphatic rings. The van der Waals surface area contributed by atoms with Crippen LogP contribution in [0.5, 0.6) is 0 Å². The zero-order chi connectivity index (χ0) is 10.8. The van der Waals surface area contributed by atoms with E-state index in [1.165, 1.54) is 44.9 Å². The van der Waals surface area contributed by atoms with Crippen LogP contribution in [-0.2, 0) is 4.74 Å². The topological polar surface area (TPSA) is 21.3 Å². The predicted octanol–water partition coefficient (Wildman–Crippen LogP) is 3.07. The van der Waals surface area contributed by atoms with Gasteiger partial charge in [-0.1, -0.05) is 33.1 Å². The largest absolute Gasteiger partial charge is 0.360 e. The lowest BCUT2D eigenvalue weighted by atomic mass is 9.87. The van der Waals surface area contributed by atoms with Gasteiger partial charge in [-0.25, -0.2) is 0 Å². The maximum absolute atomic E-state index is 6.15. The van der Waals surface area contributed by atoms with Gasteiger partial charge in [0.1, 0.15) is 5.72 Å². The van der Waals surface area contributed by atoms with Gasteiger partial charge in [0.25, 0.3) is 0 Å². The van der Waals surface area contributed by atoms with E-state index in [1.54, 1.807) is 0 Å². The SMILES string of the molecule is CC1(C)CNC2(CCCCCCC2)OC1. The molecule has 1 aliphatic carbocycles. The summed E-state index contributed by atoms with van der Waals surface area (Å²) in [5, 5.41) is 3.67. The van der Waals surface area contributed by atoms with Gasteiger partial charge in [-0.3, -0.25) is 5.32 Å². The Hall–Kier alpha value is -0.0800. The Bertz CT molecular complexity index is 193. The minimum Gasteiger partial charge on any atom is -0.360 e. The molecule has 1 saturated heterocycles. The van der Waals surface area contributed by atoms with Gasteiger partial charge in [-0.2, -0.15) is 0 Å². The molecule has 1 aliphatic heterocycles. The number of nitrogens with one attached hydrogen (secondary N) is 1. The molecule has 2 rings (SSSR count). The van der Waals surface area contributed by atoms with Crippen LogP contribution in [-0.4, -0.2) is 18.9 Å². The smallest absolute Gasteiger partial charge is 0.119 e. The van der Waals surface area contributed by atoms with Crippen LogP contribution in [0.15, 0.2) is 0 Å². The van der Waals surface area contributed by atoms with Crippen LogP contribution in [0, 0.1) is 5.41 Å². The minimum atomic E-state index is 0.0376. The van der Waals surface area contributed by atoms with Crippen molar-refractivity contribution in [3.63, 3.8) is 0 Å². The molecule has 2 fully saturated rings. The third-order valence-electron chi connectivity index (χ3n) is 3.79. The summed E-state index contributed by atoms with van der Waals surface area (Å²) in [6.45, 7) is 6.57. The fourth-order valence-electron chi connectivity index (χ4n) is 2.63. The van der Waals surface area contributed by atoms with Crippen molar-refractivity contribution in [1.82, 2.24) is 5.32 Å². The van der Waals surface area contributed by atoms with Crippen molar-refractivity contribution >= 4 is 0 Å². The monoisotopic (exact) mass is 211 g/mol. The Morgan fingerprint density at radius 2 is 1.53 bits per heavy atom. The second-order valence-corrected chi connectivity index (χ2v) is 6.07. The number of hydrogen-bond acceptors (Lipinski definition) is 2. The highest BCUT2D eigenvalue weighted by atomic mass is 16.5. The van der Waals surface area contributed by atoms with Crippen LogP contribution >= 0.6 is 0 Å². The number of hydrogen-bond donors (Lipinski definition) is 1. The molecular formula is C13H25NO.